The average Bonchev–Trinajstić information content (AvgIpc) is 3.10. The average molecular weight is 783 g/mol. The fraction of sp³-hybridized carbons (Fsp3) is 0.158. The molecule has 0 aromatic heterocycles. The minimum Gasteiger partial charge on any atom is -0.497 e. The van der Waals surface area contributed by atoms with Gasteiger partial charge in [-0.15, -0.1) is 0 Å². The third kappa shape index (κ3) is 14.1. The quantitative estimate of drug-likeness (QED) is 0.129. The molecular weight excluding hydrogens is 745 g/mol. The standard InChI is InChI=1S/2C16H16O5S2.C6H6/c2*1-21-12-4-3-11(9-16(17)18)15(10-12)22-13-5-7-14(8-6-13)23(2,19)20;1-2-4-6-5-3-1/h2*3-8,10H,9H2,1-2H3,(H,17,18);1-6H. The first-order chi connectivity index (χ1) is 24.6. The van der Waals surface area contributed by atoms with Crippen molar-refractivity contribution in [3.63, 3.8) is 0 Å². The fourth-order valence-corrected chi connectivity index (χ4v) is 7.49. The second-order valence-corrected chi connectivity index (χ2v) is 17.2. The van der Waals surface area contributed by atoms with Crippen LogP contribution in [-0.2, 0) is 42.1 Å². The maximum absolute atomic E-state index is 11.5. The van der Waals surface area contributed by atoms with E-state index in [0.717, 1.165) is 32.1 Å². The highest BCUT2D eigenvalue weighted by atomic mass is 32.2. The number of benzene rings is 5. The van der Waals surface area contributed by atoms with E-state index in [9.17, 15) is 26.4 Å². The summed E-state index contributed by atoms with van der Waals surface area (Å²) in [4.78, 5) is 25.6. The van der Waals surface area contributed by atoms with E-state index in [1.54, 1.807) is 74.9 Å². The van der Waals surface area contributed by atoms with Crippen LogP contribution in [-0.4, -0.2) is 65.7 Å². The second-order valence-electron chi connectivity index (χ2n) is 10.9. The van der Waals surface area contributed by atoms with Gasteiger partial charge in [-0.25, -0.2) is 16.8 Å². The topological polar surface area (TPSA) is 161 Å². The van der Waals surface area contributed by atoms with Gasteiger partial charge in [0.25, 0.3) is 0 Å². The number of carboxylic acid groups (broad SMARTS) is 2. The third-order valence-corrected chi connectivity index (χ3v) is 11.3. The molecule has 14 heteroatoms. The Bertz CT molecular complexity index is 1990. The molecule has 274 valence electrons. The highest BCUT2D eigenvalue weighted by molar-refractivity contribution is 7.99. The summed E-state index contributed by atoms with van der Waals surface area (Å²) >= 11 is 2.73. The lowest BCUT2D eigenvalue weighted by Gasteiger charge is -2.10. The normalized spacial score (nSPS) is 10.8. The van der Waals surface area contributed by atoms with Crippen molar-refractivity contribution in [2.24, 2.45) is 0 Å². The molecule has 52 heavy (non-hydrogen) atoms. The maximum atomic E-state index is 11.5. The zero-order valence-corrected chi connectivity index (χ0v) is 32.0. The number of rotatable bonds is 12. The van der Waals surface area contributed by atoms with Crippen LogP contribution in [0.5, 0.6) is 11.5 Å². The van der Waals surface area contributed by atoms with Crippen molar-refractivity contribution in [2.45, 2.75) is 42.2 Å². The molecule has 5 aromatic carbocycles. The molecule has 5 aromatic rings. The van der Waals surface area contributed by atoms with Crippen molar-refractivity contribution in [3.05, 3.63) is 132 Å². The third-order valence-electron chi connectivity index (χ3n) is 6.86. The Morgan fingerprint density at radius 2 is 0.846 bits per heavy atom. The van der Waals surface area contributed by atoms with Crippen LogP contribution < -0.4 is 9.47 Å². The predicted molar refractivity (Wildman–Crippen MR) is 202 cm³/mol. The van der Waals surface area contributed by atoms with Crippen LogP contribution in [0.1, 0.15) is 11.1 Å². The molecule has 0 radical (unpaired) electrons. The molecule has 0 spiro atoms. The molecular formula is C38H38O10S4. The molecule has 0 aliphatic heterocycles. The highest BCUT2D eigenvalue weighted by Gasteiger charge is 2.13. The minimum atomic E-state index is -3.23. The summed E-state index contributed by atoms with van der Waals surface area (Å²) in [5.41, 5.74) is 1.35. The summed E-state index contributed by atoms with van der Waals surface area (Å²) in [6, 6.07) is 35.4. The SMILES string of the molecule is COc1ccc(CC(=O)O)c(Sc2ccc(S(C)(=O)=O)cc2)c1.COc1ccc(CC(=O)O)c(Sc2ccc(S(C)(=O)=O)cc2)c1.c1ccccc1. The molecule has 10 nitrogen and oxygen atoms in total. The van der Waals surface area contributed by atoms with Crippen molar-refractivity contribution in [1.29, 1.82) is 0 Å². The number of sulfone groups is 2. The molecule has 0 saturated carbocycles. The fourth-order valence-electron chi connectivity index (χ4n) is 4.28. The largest absolute Gasteiger partial charge is 0.497 e. The van der Waals surface area contributed by atoms with Gasteiger partial charge < -0.3 is 19.7 Å². The smallest absolute Gasteiger partial charge is 0.307 e. The lowest BCUT2D eigenvalue weighted by molar-refractivity contribution is -0.137. The monoisotopic (exact) mass is 782 g/mol. The van der Waals surface area contributed by atoms with Gasteiger partial charge in [-0.1, -0.05) is 72.1 Å². The van der Waals surface area contributed by atoms with E-state index in [4.69, 9.17) is 19.7 Å². The predicted octanol–water partition coefficient (Wildman–Crippen LogP) is 7.44. The van der Waals surface area contributed by atoms with Crippen molar-refractivity contribution in [1.82, 2.24) is 0 Å². The van der Waals surface area contributed by atoms with Crippen LogP contribution in [0, 0.1) is 0 Å². The number of carboxylic acids is 2. The van der Waals surface area contributed by atoms with Crippen LogP contribution >= 0.6 is 23.5 Å². The highest BCUT2D eigenvalue weighted by Crippen LogP contribution is 2.35. The van der Waals surface area contributed by atoms with Crippen molar-refractivity contribution in [2.75, 3.05) is 26.7 Å². The van der Waals surface area contributed by atoms with Gasteiger partial charge in [0, 0.05) is 32.1 Å². The van der Waals surface area contributed by atoms with Gasteiger partial charge in [0.2, 0.25) is 0 Å². The number of hydrogen-bond acceptors (Lipinski definition) is 10. The van der Waals surface area contributed by atoms with Gasteiger partial charge in [0.1, 0.15) is 11.5 Å². The summed E-state index contributed by atoms with van der Waals surface area (Å²) in [6.07, 6.45) is 2.13. The Hall–Kier alpha value is -4.76. The van der Waals surface area contributed by atoms with Gasteiger partial charge in [-0.2, -0.15) is 0 Å². The lowest BCUT2D eigenvalue weighted by Crippen LogP contribution is -2.01. The lowest BCUT2D eigenvalue weighted by atomic mass is 10.1. The molecule has 0 fully saturated rings. The molecule has 0 aliphatic carbocycles. The molecule has 0 aliphatic rings. The van der Waals surface area contributed by atoms with Gasteiger partial charge in [-0.3, -0.25) is 9.59 Å². The molecule has 0 amide bonds. The summed E-state index contributed by atoms with van der Waals surface area (Å²) in [5.74, 6) is -0.558. The van der Waals surface area contributed by atoms with E-state index >= 15 is 0 Å². The Balaban J connectivity index is 0.000000241. The summed E-state index contributed by atoms with van der Waals surface area (Å²) < 4.78 is 56.2. The molecule has 0 unspecified atom stereocenters. The zero-order valence-electron chi connectivity index (χ0n) is 28.8. The van der Waals surface area contributed by atoms with E-state index in [2.05, 4.69) is 0 Å². The van der Waals surface area contributed by atoms with Crippen molar-refractivity contribution in [3.8, 4) is 11.5 Å². The zero-order chi connectivity index (χ0) is 38.3. The van der Waals surface area contributed by atoms with Gasteiger partial charge in [-0.05, 0) is 83.9 Å². The van der Waals surface area contributed by atoms with Crippen LogP contribution in [0.2, 0.25) is 0 Å². The summed E-state index contributed by atoms with van der Waals surface area (Å²) in [5, 5.41) is 18.0. The Kier molecular flexibility index (Phi) is 15.8. The van der Waals surface area contributed by atoms with Gasteiger partial charge in [0.05, 0.1) is 36.9 Å². The molecule has 2 N–H and O–H groups in total. The summed E-state index contributed by atoms with van der Waals surface area (Å²) in [7, 11) is -3.38. The minimum absolute atomic E-state index is 0.0895. The van der Waals surface area contributed by atoms with Crippen molar-refractivity contribution >= 4 is 55.1 Å². The molecule has 5 rings (SSSR count). The first kappa shape index (κ1) is 41.7. The van der Waals surface area contributed by atoms with E-state index in [0.29, 0.717) is 22.6 Å². The van der Waals surface area contributed by atoms with E-state index < -0.39 is 31.6 Å². The first-order valence-electron chi connectivity index (χ1n) is 15.3. The summed E-state index contributed by atoms with van der Waals surface area (Å²) in [6.45, 7) is 0. The number of hydrogen-bond donors (Lipinski definition) is 2. The van der Waals surface area contributed by atoms with E-state index in [1.807, 2.05) is 36.4 Å². The van der Waals surface area contributed by atoms with Crippen LogP contribution in [0.25, 0.3) is 0 Å². The van der Waals surface area contributed by atoms with Gasteiger partial charge >= 0.3 is 11.9 Å². The van der Waals surface area contributed by atoms with E-state index in [-0.39, 0.29) is 22.6 Å². The first-order valence-corrected chi connectivity index (χ1v) is 20.7. The molecule has 0 heterocycles. The van der Waals surface area contributed by atoms with Gasteiger partial charge in [0.15, 0.2) is 19.7 Å². The van der Waals surface area contributed by atoms with Crippen molar-refractivity contribution < 1.29 is 46.1 Å². The second kappa shape index (κ2) is 19.7. The Morgan fingerprint density at radius 3 is 1.10 bits per heavy atom. The number of carbonyl (C=O) groups is 2. The Labute approximate surface area is 312 Å². The maximum Gasteiger partial charge on any atom is 0.307 e. The molecule has 0 atom stereocenters. The number of aliphatic carboxylic acids is 2. The Morgan fingerprint density at radius 1 is 0.538 bits per heavy atom. The number of methoxy groups -OCH3 is 2. The number of ether oxygens (including phenoxy) is 2. The van der Waals surface area contributed by atoms with Crippen LogP contribution in [0.4, 0.5) is 0 Å². The van der Waals surface area contributed by atoms with Crippen LogP contribution in [0.3, 0.4) is 0 Å². The van der Waals surface area contributed by atoms with Crippen LogP contribution in [0.15, 0.2) is 151 Å². The molecule has 0 saturated heterocycles. The van der Waals surface area contributed by atoms with E-state index in [1.165, 1.54) is 47.8 Å². The molecule has 0 bridgehead atoms.